The van der Waals surface area contributed by atoms with Gasteiger partial charge in [0.1, 0.15) is 0 Å². The highest BCUT2D eigenvalue weighted by Gasteiger charge is 2.39. The van der Waals surface area contributed by atoms with E-state index in [2.05, 4.69) is 25.7 Å². The predicted molar refractivity (Wildman–Crippen MR) is 76.4 cm³/mol. The second-order valence-electron chi connectivity index (χ2n) is 6.30. The molecule has 5 heteroatoms. The summed E-state index contributed by atoms with van der Waals surface area (Å²) >= 11 is 0. The van der Waals surface area contributed by atoms with E-state index in [1.54, 1.807) is 0 Å². The van der Waals surface area contributed by atoms with Crippen LogP contribution in [0.4, 0.5) is 0 Å². The fourth-order valence-corrected chi connectivity index (χ4v) is 4.38. The van der Waals surface area contributed by atoms with Gasteiger partial charge in [-0.2, -0.15) is 0 Å². The minimum atomic E-state index is -2.94. The first-order chi connectivity index (χ1) is 8.21. The highest BCUT2D eigenvalue weighted by Crippen LogP contribution is 2.31. The molecule has 18 heavy (non-hydrogen) atoms. The van der Waals surface area contributed by atoms with Gasteiger partial charge in [-0.3, -0.25) is 4.90 Å². The summed E-state index contributed by atoms with van der Waals surface area (Å²) in [6.45, 7) is 8.76. The summed E-state index contributed by atoms with van der Waals surface area (Å²) in [6.07, 6.45) is 4.19. The van der Waals surface area contributed by atoms with Crippen LogP contribution in [0.25, 0.3) is 0 Å². The maximum atomic E-state index is 11.8. The topological polar surface area (TPSA) is 63.4 Å². The number of hydrogen-bond donors (Lipinski definition) is 1. The zero-order valence-corrected chi connectivity index (χ0v) is 13.0. The smallest absolute Gasteiger partial charge is 0.151 e. The van der Waals surface area contributed by atoms with Crippen LogP contribution in [-0.2, 0) is 9.84 Å². The van der Waals surface area contributed by atoms with Gasteiger partial charge >= 0.3 is 0 Å². The molecule has 0 spiro atoms. The predicted octanol–water partition coefficient (Wildman–Crippen LogP) is 1.26. The van der Waals surface area contributed by atoms with Crippen molar-refractivity contribution in [1.29, 1.82) is 0 Å². The summed E-state index contributed by atoms with van der Waals surface area (Å²) in [6, 6.07) is 0.177. The van der Waals surface area contributed by atoms with E-state index in [0.717, 1.165) is 32.4 Å². The maximum Gasteiger partial charge on any atom is 0.151 e. The number of rotatable bonds is 6. The second-order valence-corrected chi connectivity index (χ2v) is 8.56. The van der Waals surface area contributed by atoms with Gasteiger partial charge < -0.3 is 5.73 Å². The Morgan fingerprint density at radius 2 is 1.94 bits per heavy atom. The monoisotopic (exact) mass is 276 g/mol. The lowest BCUT2D eigenvalue weighted by atomic mass is 9.92. The van der Waals surface area contributed by atoms with E-state index in [0.29, 0.717) is 6.54 Å². The molecule has 0 aromatic carbocycles. The van der Waals surface area contributed by atoms with E-state index in [1.165, 1.54) is 6.26 Å². The van der Waals surface area contributed by atoms with Crippen molar-refractivity contribution in [3.63, 3.8) is 0 Å². The molecule has 1 aliphatic carbocycles. The molecule has 108 valence electrons. The minimum Gasteiger partial charge on any atom is -0.330 e. The third-order valence-electron chi connectivity index (χ3n) is 4.03. The summed E-state index contributed by atoms with van der Waals surface area (Å²) in [5, 5.41) is -0.189. The van der Waals surface area contributed by atoms with Crippen molar-refractivity contribution in [3.05, 3.63) is 0 Å². The normalized spacial score (nSPS) is 25.9. The molecular weight excluding hydrogens is 248 g/mol. The number of hydrogen-bond acceptors (Lipinski definition) is 4. The van der Waals surface area contributed by atoms with Crippen molar-refractivity contribution in [3.8, 4) is 0 Å². The molecular formula is C13H28N2O2S. The van der Waals surface area contributed by atoms with Gasteiger partial charge in [0, 0.05) is 18.8 Å². The SMILES string of the molecule is CCN(CC(C)(C)CN)C1CCCC1S(C)(=O)=O. The standard InChI is InChI=1S/C13H28N2O2S/c1-5-15(10-13(2,3)9-14)11-7-6-8-12(11)18(4,16)17/h11-12H,5-10,14H2,1-4H3. The van der Waals surface area contributed by atoms with Crippen molar-refractivity contribution >= 4 is 9.84 Å². The summed E-state index contributed by atoms with van der Waals surface area (Å²) < 4.78 is 23.7. The van der Waals surface area contributed by atoms with Crippen LogP contribution < -0.4 is 5.73 Å². The van der Waals surface area contributed by atoms with Crippen LogP contribution in [0.3, 0.4) is 0 Å². The molecule has 1 aliphatic rings. The van der Waals surface area contributed by atoms with Crippen molar-refractivity contribution in [2.45, 2.75) is 51.3 Å². The average molecular weight is 276 g/mol. The molecule has 2 atom stereocenters. The van der Waals surface area contributed by atoms with Crippen molar-refractivity contribution < 1.29 is 8.42 Å². The van der Waals surface area contributed by atoms with Crippen LogP contribution in [0.5, 0.6) is 0 Å². The van der Waals surface area contributed by atoms with Crippen molar-refractivity contribution in [2.75, 3.05) is 25.9 Å². The van der Waals surface area contributed by atoms with Crippen LogP contribution in [0.15, 0.2) is 0 Å². The lowest BCUT2D eigenvalue weighted by Crippen LogP contribution is -2.48. The van der Waals surface area contributed by atoms with Crippen LogP contribution >= 0.6 is 0 Å². The van der Waals surface area contributed by atoms with E-state index in [4.69, 9.17) is 5.73 Å². The zero-order valence-electron chi connectivity index (χ0n) is 12.1. The third-order valence-corrected chi connectivity index (χ3v) is 5.68. The molecule has 1 saturated carbocycles. The van der Waals surface area contributed by atoms with Gasteiger partial charge in [-0.05, 0) is 31.3 Å². The van der Waals surface area contributed by atoms with Crippen LogP contribution in [0.1, 0.15) is 40.0 Å². The first-order valence-electron chi connectivity index (χ1n) is 6.84. The molecule has 4 nitrogen and oxygen atoms in total. The van der Waals surface area contributed by atoms with Gasteiger partial charge in [-0.15, -0.1) is 0 Å². The Labute approximate surface area is 112 Å². The summed E-state index contributed by atoms with van der Waals surface area (Å²) in [7, 11) is -2.94. The highest BCUT2D eigenvalue weighted by atomic mass is 32.2. The van der Waals surface area contributed by atoms with Crippen molar-refractivity contribution in [2.24, 2.45) is 11.1 Å². The summed E-state index contributed by atoms with van der Waals surface area (Å²) in [5.74, 6) is 0. The van der Waals surface area contributed by atoms with Gasteiger partial charge in [-0.1, -0.05) is 27.2 Å². The molecule has 0 amide bonds. The molecule has 0 aliphatic heterocycles. The third kappa shape index (κ3) is 3.93. The Morgan fingerprint density at radius 1 is 1.33 bits per heavy atom. The summed E-state index contributed by atoms with van der Waals surface area (Å²) in [5.41, 5.74) is 5.83. The Hall–Kier alpha value is -0.130. The first-order valence-corrected chi connectivity index (χ1v) is 8.79. The molecule has 0 saturated heterocycles. The van der Waals surface area contributed by atoms with E-state index in [-0.39, 0.29) is 16.7 Å². The number of sulfone groups is 1. The Balaban J connectivity index is 2.82. The fourth-order valence-electron chi connectivity index (χ4n) is 2.90. The quantitative estimate of drug-likeness (QED) is 0.793. The van der Waals surface area contributed by atoms with Gasteiger partial charge in [0.05, 0.1) is 5.25 Å². The van der Waals surface area contributed by atoms with Crippen LogP contribution in [-0.4, -0.2) is 50.5 Å². The molecule has 1 fully saturated rings. The fraction of sp³-hybridized carbons (Fsp3) is 1.00. The molecule has 0 radical (unpaired) electrons. The molecule has 0 aromatic rings. The lowest BCUT2D eigenvalue weighted by molar-refractivity contribution is 0.142. The van der Waals surface area contributed by atoms with E-state index in [1.807, 2.05) is 0 Å². The van der Waals surface area contributed by atoms with E-state index >= 15 is 0 Å². The van der Waals surface area contributed by atoms with Gasteiger partial charge in [0.25, 0.3) is 0 Å². The Bertz CT molecular complexity index is 365. The first kappa shape index (κ1) is 15.9. The van der Waals surface area contributed by atoms with Gasteiger partial charge in [-0.25, -0.2) is 8.42 Å². The highest BCUT2D eigenvalue weighted by molar-refractivity contribution is 7.91. The second kappa shape index (κ2) is 5.88. The van der Waals surface area contributed by atoms with Gasteiger partial charge in [0.15, 0.2) is 9.84 Å². The number of nitrogens with two attached hydrogens (primary N) is 1. The van der Waals surface area contributed by atoms with Crippen molar-refractivity contribution in [1.82, 2.24) is 4.90 Å². The number of nitrogens with zero attached hydrogens (tertiary/aromatic N) is 1. The summed E-state index contributed by atoms with van der Waals surface area (Å²) in [4.78, 5) is 2.31. The zero-order chi connectivity index (χ0) is 14.0. The molecule has 0 bridgehead atoms. The molecule has 2 N–H and O–H groups in total. The van der Waals surface area contributed by atoms with Crippen LogP contribution in [0.2, 0.25) is 0 Å². The minimum absolute atomic E-state index is 0.0423. The van der Waals surface area contributed by atoms with Crippen LogP contribution in [0, 0.1) is 5.41 Å². The molecule has 1 rings (SSSR count). The lowest BCUT2D eigenvalue weighted by Gasteiger charge is -2.37. The average Bonchev–Trinajstić information content (AvgIpc) is 2.74. The van der Waals surface area contributed by atoms with E-state index < -0.39 is 9.84 Å². The Morgan fingerprint density at radius 3 is 2.39 bits per heavy atom. The maximum absolute atomic E-state index is 11.8. The van der Waals surface area contributed by atoms with Gasteiger partial charge in [0.2, 0.25) is 0 Å². The molecule has 0 aromatic heterocycles. The molecule has 2 unspecified atom stereocenters. The molecule has 0 heterocycles. The largest absolute Gasteiger partial charge is 0.330 e. The Kier molecular flexibility index (Phi) is 5.21. The van der Waals surface area contributed by atoms with E-state index in [9.17, 15) is 8.42 Å².